The average Bonchev–Trinajstić information content (AvgIpc) is 2.29. The fourth-order valence-electron chi connectivity index (χ4n) is 1.33. The predicted molar refractivity (Wildman–Crippen MR) is 49.3 cm³/mol. The summed E-state index contributed by atoms with van der Waals surface area (Å²) in [6.45, 7) is -0.571. The van der Waals surface area contributed by atoms with E-state index >= 15 is 0 Å². The summed E-state index contributed by atoms with van der Waals surface area (Å²) < 4.78 is 9.51. The van der Waals surface area contributed by atoms with Crippen LogP contribution >= 0.6 is 0 Å². The molecular weight excluding hydrogens is 222 g/mol. The third-order valence-electron chi connectivity index (χ3n) is 2.28. The maximum absolute atomic E-state index is 10.9. The molecule has 5 N–H and O–H groups in total. The van der Waals surface area contributed by atoms with Crippen LogP contribution in [0.25, 0.3) is 0 Å². The molecule has 16 heavy (non-hydrogen) atoms. The van der Waals surface area contributed by atoms with Gasteiger partial charge in [0, 0.05) is 7.05 Å². The van der Waals surface area contributed by atoms with Gasteiger partial charge in [-0.1, -0.05) is 0 Å². The molecular formula is C8H15NO7. The average molecular weight is 237 g/mol. The quantitative estimate of drug-likeness (QED) is 0.349. The van der Waals surface area contributed by atoms with E-state index in [0.29, 0.717) is 0 Å². The second-order valence-electron chi connectivity index (χ2n) is 3.35. The first kappa shape index (κ1) is 13.1. The summed E-state index contributed by atoms with van der Waals surface area (Å²) in [5, 5.41) is 39.2. The minimum Gasteiger partial charge on any atom is -0.417 e. The molecule has 0 aromatic rings. The van der Waals surface area contributed by atoms with Crippen molar-refractivity contribution in [3.05, 3.63) is 0 Å². The highest BCUT2D eigenvalue weighted by Crippen LogP contribution is 2.21. The summed E-state index contributed by atoms with van der Waals surface area (Å²) in [6, 6.07) is 0. The number of hydrogen-bond donors (Lipinski definition) is 5. The topological polar surface area (TPSA) is 128 Å². The van der Waals surface area contributed by atoms with Gasteiger partial charge in [0.2, 0.25) is 6.29 Å². The number of aliphatic hydroxyl groups excluding tert-OH is 4. The van der Waals surface area contributed by atoms with Crippen molar-refractivity contribution < 1.29 is 34.7 Å². The lowest BCUT2D eigenvalue weighted by Gasteiger charge is -2.38. The summed E-state index contributed by atoms with van der Waals surface area (Å²) in [5.74, 6) is 0. The monoisotopic (exact) mass is 237 g/mol. The minimum absolute atomic E-state index is 0.571. The molecule has 8 heteroatoms. The van der Waals surface area contributed by atoms with Gasteiger partial charge in [-0.15, -0.1) is 0 Å². The number of hydrogen-bond acceptors (Lipinski definition) is 7. The van der Waals surface area contributed by atoms with E-state index in [1.807, 2.05) is 0 Å². The summed E-state index contributed by atoms with van der Waals surface area (Å²) in [4.78, 5) is 10.9. The van der Waals surface area contributed by atoms with E-state index in [1.165, 1.54) is 7.05 Å². The molecule has 1 rings (SSSR count). The van der Waals surface area contributed by atoms with E-state index in [0.717, 1.165) is 0 Å². The van der Waals surface area contributed by atoms with Gasteiger partial charge in [-0.2, -0.15) is 0 Å². The Labute approximate surface area is 91.4 Å². The SMILES string of the molecule is CNC(=O)O[C@@H]1O[C@H](CO)[C@@H](O)[C@H](O)[C@H]1O. The Morgan fingerprint density at radius 3 is 2.44 bits per heavy atom. The van der Waals surface area contributed by atoms with Gasteiger partial charge in [0.15, 0.2) is 0 Å². The number of alkyl carbamates (subject to hydrolysis) is 1. The molecule has 0 saturated carbocycles. The summed E-state index contributed by atoms with van der Waals surface area (Å²) in [7, 11) is 1.31. The Morgan fingerprint density at radius 1 is 1.31 bits per heavy atom. The van der Waals surface area contributed by atoms with Gasteiger partial charge in [-0.3, -0.25) is 0 Å². The number of ether oxygens (including phenoxy) is 2. The van der Waals surface area contributed by atoms with Crippen LogP contribution in [0.5, 0.6) is 0 Å². The first-order chi connectivity index (χ1) is 7.51. The smallest absolute Gasteiger partial charge is 0.409 e. The molecule has 0 aromatic carbocycles. The molecule has 1 fully saturated rings. The van der Waals surface area contributed by atoms with E-state index in [4.69, 9.17) is 9.84 Å². The molecule has 1 amide bonds. The molecule has 0 spiro atoms. The highest BCUT2D eigenvalue weighted by atomic mass is 16.7. The van der Waals surface area contributed by atoms with E-state index in [-0.39, 0.29) is 0 Å². The van der Waals surface area contributed by atoms with Crippen LogP contribution < -0.4 is 5.32 Å². The van der Waals surface area contributed by atoms with Gasteiger partial charge in [0.1, 0.15) is 24.4 Å². The molecule has 1 heterocycles. The zero-order valence-corrected chi connectivity index (χ0v) is 8.61. The van der Waals surface area contributed by atoms with Gasteiger partial charge in [-0.25, -0.2) is 4.79 Å². The van der Waals surface area contributed by atoms with Crippen LogP contribution in [0.1, 0.15) is 0 Å². The molecule has 0 aromatic heterocycles. The maximum atomic E-state index is 10.9. The first-order valence-corrected chi connectivity index (χ1v) is 4.70. The molecule has 94 valence electrons. The van der Waals surface area contributed by atoms with E-state index < -0.39 is 43.4 Å². The van der Waals surface area contributed by atoms with Crippen molar-refractivity contribution in [2.24, 2.45) is 0 Å². The minimum atomic E-state index is -1.57. The number of nitrogens with one attached hydrogen (secondary N) is 1. The van der Waals surface area contributed by atoms with Crippen LogP contribution in [0.4, 0.5) is 4.79 Å². The van der Waals surface area contributed by atoms with Crippen LogP contribution in [-0.4, -0.2) is 70.9 Å². The molecule has 5 atom stereocenters. The lowest BCUT2D eigenvalue weighted by Crippen LogP contribution is -2.59. The number of carbonyl (C=O) groups is 1. The Bertz CT molecular complexity index is 247. The van der Waals surface area contributed by atoms with Crippen molar-refractivity contribution in [3.8, 4) is 0 Å². The zero-order valence-electron chi connectivity index (χ0n) is 8.61. The van der Waals surface area contributed by atoms with Crippen molar-refractivity contribution >= 4 is 6.09 Å². The molecule has 1 aliphatic rings. The predicted octanol–water partition coefficient (Wildman–Crippen LogP) is -2.86. The zero-order chi connectivity index (χ0) is 12.3. The van der Waals surface area contributed by atoms with Crippen LogP contribution in [0.3, 0.4) is 0 Å². The molecule has 0 radical (unpaired) electrons. The van der Waals surface area contributed by atoms with Crippen LogP contribution in [0.2, 0.25) is 0 Å². The maximum Gasteiger partial charge on any atom is 0.409 e. The lowest BCUT2D eigenvalue weighted by molar-refractivity contribution is -0.284. The van der Waals surface area contributed by atoms with Crippen molar-refractivity contribution in [3.63, 3.8) is 0 Å². The summed E-state index contributed by atoms with van der Waals surface area (Å²) in [6.07, 6.45) is -7.98. The van der Waals surface area contributed by atoms with Crippen molar-refractivity contribution in [1.82, 2.24) is 5.32 Å². The first-order valence-electron chi connectivity index (χ1n) is 4.70. The van der Waals surface area contributed by atoms with Gasteiger partial charge < -0.3 is 35.2 Å². The van der Waals surface area contributed by atoms with Gasteiger partial charge in [0.25, 0.3) is 0 Å². The number of aliphatic hydroxyl groups is 4. The molecule has 1 saturated heterocycles. The van der Waals surface area contributed by atoms with Crippen LogP contribution in [-0.2, 0) is 9.47 Å². The fourth-order valence-corrected chi connectivity index (χ4v) is 1.33. The van der Waals surface area contributed by atoms with E-state index in [9.17, 15) is 20.1 Å². The number of carbonyl (C=O) groups excluding carboxylic acids is 1. The van der Waals surface area contributed by atoms with Crippen molar-refractivity contribution in [1.29, 1.82) is 0 Å². The Balaban J connectivity index is 2.67. The number of rotatable bonds is 2. The third-order valence-corrected chi connectivity index (χ3v) is 2.28. The Hall–Kier alpha value is -0.930. The van der Waals surface area contributed by atoms with Crippen LogP contribution in [0, 0.1) is 0 Å². The van der Waals surface area contributed by atoms with Gasteiger partial charge >= 0.3 is 6.09 Å². The van der Waals surface area contributed by atoms with Gasteiger partial charge in [-0.05, 0) is 0 Å². The van der Waals surface area contributed by atoms with E-state index in [1.54, 1.807) is 0 Å². The second kappa shape index (κ2) is 5.41. The molecule has 1 aliphatic heterocycles. The molecule has 0 aliphatic carbocycles. The van der Waals surface area contributed by atoms with Crippen molar-refractivity contribution in [2.45, 2.75) is 30.7 Å². The van der Waals surface area contributed by atoms with Gasteiger partial charge in [0.05, 0.1) is 6.61 Å². The molecule has 8 nitrogen and oxygen atoms in total. The highest BCUT2D eigenvalue weighted by Gasteiger charge is 2.45. The van der Waals surface area contributed by atoms with Crippen molar-refractivity contribution in [2.75, 3.05) is 13.7 Å². The Kier molecular flexibility index (Phi) is 4.44. The molecule has 0 unspecified atom stereocenters. The normalized spacial score (nSPS) is 39.2. The van der Waals surface area contributed by atoms with Crippen LogP contribution in [0.15, 0.2) is 0 Å². The highest BCUT2D eigenvalue weighted by molar-refractivity contribution is 5.66. The van der Waals surface area contributed by atoms with E-state index in [2.05, 4.69) is 10.1 Å². The number of amides is 1. The molecule has 0 bridgehead atoms. The summed E-state index contributed by atoms with van der Waals surface area (Å²) >= 11 is 0. The Morgan fingerprint density at radius 2 is 1.94 bits per heavy atom. The summed E-state index contributed by atoms with van der Waals surface area (Å²) in [5.41, 5.74) is 0. The second-order valence-corrected chi connectivity index (χ2v) is 3.35. The fraction of sp³-hybridized carbons (Fsp3) is 0.875. The third kappa shape index (κ3) is 2.60. The largest absolute Gasteiger partial charge is 0.417 e. The standard InChI is InChI=1S/C8H15NO7/c1-9-8(14)16-7-6(13)5(12)4(11)3(2-10)15-7/h3-7,10-13H,2H2,1H3,(H,9,14)/t3-,4-,5+,6-,7+/m1/s1. The lowest BCUT2D eigenvalue weighted by atomic mass is 9.99.